The van der Waals surface area contributed by atoms with E-state index in [9.17, 15) is 15.0 Å². The van der Waals surface area contributed by atoms with Crippen LogP contribution in [0.1, 0.15) is 335 Å². The predicted octanol–water partition coefficient (Wildman–Crippen LogP) is 20.6. The molecule has 0 fully saturated rings. The van der Waals surface area contributed by atoms with Crippen molar-refractivity contribution in [3.05, 3.63) is 48.6 Å². The zero-order chi connectivity index (χ0) is 49.2. The maximum absolute atomic E-state index is 12.5. The molecule has 4 heteroatoms. The second-order valence-electron chi connectivity index (χ2n) is 21.1. The summed E-state index contributed by atoms with van der Waals surface area (Å²) in [6.07, 6.45) is 82.7. The fraction of sp³-hybridized carbons (Fsp3) is 0.859. The lowest BCUT2D eigenvalue weighted by Crippen LogP contribution is -2.45. The van der Waals surface area contributed by atoms with E-state index in [0.29, 0.717) is 12.8 Å². The summed E-state index contributed by atoms with van der Waals surface area (Å²) in [5.41, 5.74) is 0. The van der Waals surface area contributed by atoms with Crippen LogP contribution in [0.15, 0.2) is 48.6 Å². The Bertz CT molecular complexity index is 1080. The van der Waals surface area contributed by atoms with Gasteiger partial charge in [-0.1, -0.05) is 326 Å². The van der Waals surface area contributed by atoms with Crippen molar-refractivity contribution in [3.63, 3.8) is 0 Å². The van der Waals surface area contributed by atoms with E-state index >= 15 is 0 Å². The fourth-order valence-corrected chi connectivity index (χ4v) is 9.71. The highest BCUT2D eigenvalue weighted by atomic mass is 16.3. The maximum Gasteiger partial charge on any atom is 0.220 e. The third-order valence-corrected chi connectivity index (χ3v) is 14.4. The lowest BCUT2D eigenvalue weighted by molar-refractivity contribution is -0.123. The molecule has 0 rings (SSSR count). The monoisotopic (exact) mass is 952 g/mol. The van der Waals surface area contributed by atoms with E-state index in [2.05, 4.69) is 67.8 Å². The Kier molecular flexibility index (Phi) is 58.2. The zero-order valence-corrected chi connectivity index (χ0v) is 46.1. The average molecular weight is 953 g/mol. The molecule has 400 valence electrons. The number of carbonyl (C=O) groups excluding carboxylic acids is 1. The minimum absolute atomic E-state index is 0.0328. The number of hydrogen-bond donors (Lipinski definition) is 3. The molecule has 68 heavy (non-hydrogen) atoms. The van der Waals surface area contributed by atoms with Gasteiger partial charge in [-0.15, -0.1) is 0 Å². The van der Waals surface area contributed by atoms with E-state index in [4.69, 9.17) is 0 Å². The number of hydrogen-bond acceptors (Lipinski definition) is 3. The van der Waals surface area contributed by atoms with Gasteiger partial charge in [0.2, 0.25) is 5.91 Å². The number of amides is 1. The van der Waals surface area contributed by atoms with Gasteiger partial charge in [0.25, 0.3) is 0 Å². The number of rotatable bonds is 57. The summed E-state index contributed by atoms with van der Waals surface area (Å²) in [5.74, 6) is -0.0328. The van der Waals surface area contributed by atoms with Gasteiger partial charge in [0.05, 0.1) is 18.8 Å². The predicted molar refractivity (Wildman–Crippen MR) is 304 cm³/mol. The maximum atomic E-state index is 12.5. The van der Waals surface area contributed by atoms with Crippen LogP contribution in [0.25, 0.3) is 0 Å². The Morgan fingerprint density at radius 1 is 0.368 bits per heavy atom. The molecule has 1 amide bonds. The summed E-state index contributed by atoms with van der Waals surface area (Å²) in [6.45, 7) is 4.28. The molecule has 0 radical (unpaired) electrons. The number of allylic oxidation sites excluding steroid dienone is 8. The minimum atomic E-state index is -0.665. The molecule has 0 saturated carbocycles. The summed E-state index contributed by atoms with van der Waals surface area (Å²) in [7, 11) is 0. The lowest BCUT2D eigenvalue weighted by atomic mass is 10.0. The van der Waals surface area contributed by atoms with Crippen LogP contribution in [0.4, 0.5) is 0 Å². The minimum Gasteiger partial charge on any atom is -0.394 e. The Balaban J connectivity index is 3.42. The SMILES string of the molecule is CC/C=C\C/C=C\C/C=C\C/C=C\CCCCCCCCCCCCC(=O)NC(CO)C(O)CCCCCCCCCCCCCCCCCCCCCCCCCCCCCCCCCCC. The first-order valence-electron chi connectivity index (χ1n) is 30.8. The van der Waals surface area contributed by atoms with Gasteiger partial charge in [-0.3, -0.25) is 4.79 Å². The van der Waals surface area contributed by atoms with E-state index in [1.165, 1.54) is 257 Å². The van der Waals surface area contributed by atoms with Crippen molar-refractivity contribution >= 4 is 5.91 Å². The highest BCUT2D eigenvalue weighted by Gasteiger charge is 2.20. The average Bonchev–Trinajstić information content (AvgIpc) is 3.34. The summed E-state index contributed by atoms with van der Waals surface area (Å²) in [4.78, 5) is 12.5. The summed E-state index contributed by atoms with van der Waals surface area (Å²) < 4.78 is 0. The van der Waals surface area contributed by atoms with Crippen molar-refractivity contribution in [2.45, 2.75) is 347 Å². The van der Waals surface area contributed by atoms with Crippen LogP contribution in [0.5, 0.6) is 0 Å². The van der Waals surface area contributed by atoms with Crippen molar-refractivity contribution in [1.29, 1.82) is 0 Å². The lowest BCUT2D eigenvalue weighted by Gasteiger charge is -2.22. The first kappa shape index (κ1) is 66.3. The van der Waals surface area contributed by atoms with Crippen molar-refractivity contribution in [2.24, 2.45) is 0 Å². The second-order valence-corrected chi connectivity index (χ2v) is 21.1. The number of nitrogens with one attached hydrogen (secondary N) is 1. The molecule has 0 aliphatic heterocycles. The molecule has 0 aromatic rings. The van der Waals surface area contributed by atoms with E-state index in [1.807, 2.05) is 0 Å². The number of unbranched alkanes of at least 4 members (excludes halogenated alkanes) is 42. The molecular weight excluding hydrogens is 831 g/mol. The van der Waals surface area contributed by atoms with Gasteiger partial charge < -0.3 is 15.5 Å². The van der Waals surface area contributed by atoms with E-state index in [0.717, 1.165) is 51.4 Å². The third-order valence-electron chi connectivity index (χ3n) is 14.4. The first-order chi connectivity index (χ1) is 33.7. The Morgan fingerprint density at radius 2 is 0.647 bits per heavy atom. The molecule has 0 bridgehead atoms. The van der Waals surface area contributed by atoms with Crippen molar-refractivity contribution in [2.75, 3.05) is 6.61 Å². The highest BCUT2D eigenvalue weighted by molar-refractivity contribution is 5.76. The number of aliphatic hydroxyl groups is 2. The molecule has 4 nitrogen and oxygen atoms in total. The van der Waals surface area contributed by atoms with Crippen LogP contribution in [0, 0.1) is 0 Å². The van der Waals surface area contributed by atoms with Crippen LogP contribution in [0.2, 0.25) is 0 Å². The van der Waals surface area contributed by atoms with Gasteiger partial charge in [0, 0.05) is 6.42 Å². The normalized spacial score (nSPS) is 13.1. The highest BCUT2D eigenvalue weighted by Crippen LogP contribution is 2.18. The number of carbonyl (C=O) groups is 1. The van der Waals surface area contributed by atoms with Gasteiger partial charge in [0.1, 0.15) is 0 Å². The number of aliphatic hydroxyl groups excluding tert-OH is 2. The van der Waals surface area contributed by atoms with E-state index in [1.54, 1.807) is 0 Å². The molecule has 2 atom stereocenters. The molecule has 0 aromatic heterocycles. The van der Waals surface area contributed by atoms with E-state index < -0.39 is 12.1 Å². The van der Waals surface area contributed by atoms with Crippen LogP contribution >= 0.6 is 0 Å². The standard InChI is InChI=1S/C64H121NO3/c1-3-5-7-9-11-13-15-17-19-21-23-25-27-28-29-30-31-32-33-34-35-36-38-39-41-43-45-47-49-51-53-55-57-59-63(67)62(61-66)65-64(68)60-58-56-54-52-50-48-46-44-42-40-37-26-24-22-20-18-16-14-12-10-8-6-4-2/h6,8,12,14,18,20,24,26,62-63,66-67H,3-5,7,9-11,13,15-17,19,21-23,25,27-61H2,1-2H3,(H,65,68)/b8-6-,14-12-,20-18-,26-24-. The molecule has 3 N–H and O–H groups in total. The fourth-order valence-electron chi connectivity index (χ4n) is 9.71. The van der Waals surface area contributed by atoms with Gasteiger partial charge in [0.15, 0.2) is 0 Å². The van der Waals surface area contributed by atoms with Gasteiger partial charge in [-0.25, -0.2) is 0 Å². The van der Waals surface area contributed by atoms with Gasteiger partial charge >= 0.3 is 0 Å². The Hall–Kier alpha value is -1.65. The molecule has 0 aliphatic carbocycles. The zero-order valence-electron chi connectivity index (χ0n) is 46.1. The molecule has 0 aromatic carbocycles. The second kappa shape index (κ2) is 59.7. The molecule has 2 unspecified atom stereocenters. The molecule has 0 heterocycles. The Morgan fingerprint density at radius 3 is 0.971 bits per heavy atom. The largest absolute Gasteiger partial charge is 0.394 e. The Labute approximate surface area is 426 Å². The summed E-state index contributed by atoms with van der Waals surface area (Å²) in [6, 6.07) is -0.542. The smallest absolute Gasteiger partial charge is 0.220 e. The molecule has 0 saturated heterocycles. The van der Waals surface area contributed by atoms with Crippen LogP contribution in [0.3, 0.4) is 0 Å². The molecular formula is C64H121NO3. The molecule has 0 aliphatic rings. The molecule has 0 spiro atoms. The summed E-state index contributed by atoms with van der Waals surface area (Å²) >= 11 is 0. The van der Waals surface area contributed by atoms with Crippen LogP contribution < -0.4 is 5.32 Å². The van der Waals surface area contributed by atoms with Gasteiger partial charge in [-0.2, -0.15) is 0 Å². The van der Waals surface area contributed by atoms with Crippen molar-refractivity contribution < 1.29 is 15.0 Å². The van der Waals surface area contributed by atoms with Crippen molar-refractivity contribution in [3.8, 4) is 0 Å². The first-order valence-corrected chi connectivity index (χ1v) is 30.8. The summed E-state index contributed by atoms with van der Waals surface area (Å²) in [5, 5.41) is 23.4. The van der Waals surface area contributed by atoms with Gasteiger partial charge in [-0.05, 0) is 51.4 Å². The quantitative estimate of drug-likeness (QED) is 0.0420. The van der Waals surface area contributed by atoms with E-state index in [-0.39, 0.29) is 12.5 Å². The van der Waals surface area contributed by atoms with Crippen LogP contribution in [-0.4, -0.2) is 34.9 Å². The third kappa shape index (κ3) is 55.3. The van der Waals surface area contributed by atoms with Crippen molar-refractivity contribution in [1.82, 2.24) is 5.32 Å². The van der Waals surface area contributed by atoms with Crippen LogP contribution in [-0.2, 0) is 4.79 Å². The topological polar surface area (TPSA) is 69.6 Å².